The molecule has 2 amide bonds. The minimum absolute atomic E-state index is 0.0498. The number of ether oxygens (including phenoxy) is 1. The number of carbonyl (C=O) groups is 1. The number of morpholine rings is 1. The van der Waals surface area contributed by atoms with Gasteiger partial charge in [-0.2, -0.15) is 0 Å². The molecule has 1 aromatic carbocycles. The quantitative estimate of drug-likeness (QED) is 0.623. The molecule has 0 spiro atoms. The van der Waals surface area contributed by atoms with Crippen LogP contribution >= 0.6 is 46.5 Å². The summed E-state index contributed by atoms with van der Waals surface area (Å²) in [5.41, 5.74) is 0.737. The Kier molecular flexibility index (Phi) is 6.32. The molecule has 0 bridgehead atoms. The number of nitrogens with zero attached hydrogens (tertiary/aromatic N) is 1. The number of benzene rings is 1. The highest BCUT2D eigenvalue weighted by molar-refractivity contribution is 7.99. The molecule has 10 heteroatoms. The number of carbonyl (C=O) groups excluding carboxylic acids is 1. The van der Waals surface area contributed by atoms with Crippen molar-refractivity contribution in [2.75, 3.05) is 36.9 Å². The van der Waals surface area contributed by atoms with E-state index in [9.17, 15) is 9.90 Å². The van der Waals surface area contributed by atoms with Gasteiger partial charge in [-0.25, -0.2) is 9.10 Å². The van der Waals surface area contributed by atoms with Gasteiger partial charge in [0.15, 0.2) is 5.75 Å². The van der Waals surface area contributed by atoms with Crippen molar-refractivity contribution in [3.63, 3.8) is 0 Å². The van der Waals surface area contributed by atoms with Gasteiger partial charge in [-0.3, -0.25) is 0 Å². The van der Waals surface area contributed by atoms with E-state index in [1.165, 1.54) is 23.3 Å². The number of amides is 2. The third-order valence-corrected chi connectivity index (χ3v) is 6.44. The lowest BCUT2D eigenvalue weighted by atomic mass is 10.3. The molecule has 6 nitrogen and oxygen atoms in total. The van der Waals surface area contributed by atoms with Crippen molar-refractivity contribution in [1.82, 2.24) is 4.31 Å². The molecule has 0 atom stereocenters. The zero-order valence-corrected chi connectivity index (χ0v) is 16.1. The highest BCUT2D eigenvalue weighted by Gasteiger charge is 2.19. The molecule has 1 aliphatic rings. The Balaban J connectivity index is 1.62. The van der Waals surface area contributed by atoms with Crippen LogP contribution in [0.1, 0.15) is 0 Å². The van der Waals surface area contributed by atoms with Crippen LogP contribution in [0.5, 0.6) is 5.75 Å². The Labute approximate surface area is 163 Å². The fourth-order valence-electron chi connectivity index (χ4n) is 2.12. The standard InChI is InChI=1S/C15H15Cl2N3O3S2/c16-9-2-1-3-10(12(9)17)18-15(22)19-11-8-24-14(13(11)21)25-20-4-6-23-7-5-20/h1-3,8,21H,4-7H2,(H2,18,19,22). The van der Waals surface area contributed by atoms with Crippen molar-refractivity contribution in [3.8, 4) is 5.75 Å². The summed E-state index contributed by atoms with van der Waals surface area (Å²) >= 11 is 14.8. The Hall–Kier alpha value is -1.16. The zero-order chi connectivity index (χ0) is 17.8. The summed E-state index contributed by atoms with van der Waals surface area (Å²) in [4.78, 5) is 12.1. The van der Waals surface area contributed by atoms with Crippen LogP contribution in [0.2, 0.25) is 10.0 Å². The van der Waals surface area contributed by atoms with Gasteiger partial charge in [-0.05, 0) is 24.1 Å². The van der Waals surface area contributed by atoms with Gasteiger partial charge in [-0.15, -0.1) is 11.3 Å². The Morgan fingerprint density at radius 1 is 1.24 bits per heavy atom. The number of aromatic hydroxyl groups is 1. The van der Waals surface area contributed by atoms with Crippen molar-refractivity contribution in [1.29, 1.82) is 0 Å². The molecule has 1 fully saturated rings. The maximum absolute atomic E-state index is 12.1. The molecular formula is C15H15Cl2N3O3S2. The first-order valence-corrected chi connectivity index (χ1v) is 9.78. The lowest BCUT2D eigenvalue weighted by Crippen LogP contribution is -2.30. The van der Waals surface area contributed by atoms with Crippen LogP contribution in [0.3, 0.4) is 0 Å². The molecule has 134 valence electrons. The van der Waals surface area contributed by atoms with E-state index in [1.807, 2.05) is 0 Å². The summed E-state index contributed by atoms with van der Waals surface area (Å²) in [6.45, 7) is 2.93. The Bertz CT molecular complexity index is 766. The van der Waals surface area contributed by atoms with Gasteiger partial charge >= 0.3 is 6.03 Å². The van der Waals surface area contributed by atoms with Crippen LogP contribution in [0.4, 0.5) is 16.2 Å². The molecule has 0 radical (unpaired) electrons. The molecule has 1 saturated heterocycles. The van der Waals surface area contributed by atoms with Gasteiger partial charge < -0.3 is 20.5 Å². The summed E-state index contributed by atoms with van der Waals surface area (Å²) in [5, 5.41) is 17.8. The molecule has 2 heterocycles. The summed E-state index contributed by atoms with van der Waals surface area (Å²) in [6.07, 6.45) is 0. The van der Waals surface area contributed by atoms with E-state index in [0.717, 1.165) is 17.3 Å². The molecule has 0 unspecified atom stereocenters. The lowest BCUT2D eigenvalue weighted by molar-refractivity contribution is 0.0773. The lowest BCUT2D eigenvalue weighted by Gasteiger charge is -2.24. The largest absolute Gasteiger partial charge is 0.504 e. The Morgan fingerprint density at radius 2 is 1.96 bits per heavy atom. The van der Waals surface area contributed by atoms with Gasteiger partial charge in [0.25, 0.3) is 0 Å². The highest BCUT2D eigenvalue weighted by atomic mass is 35.5. The summed E-state index contributed by atoms with van der Waals surface area (Å²) in [5.74, 6) is 0.0498. The second-order valence-corrected chi connectivity index (χ2v) is 8.13. The number of nitrogens with one attached hydrogen (secondary N) is 2. The van der Waals surface area contributed by atoms with E-state index in [2.05, 4.69) is 14.9 Å². The second-order valence-electron chi connectivity index (χ2n) is 5.10. The second kappa shape index (κ2) is 8.48. The molecule has 3 N–H and O–H groups in total. The van der Waals surface area contributed by atoms with E-state index in [1.54, 1.807) is 23.6 Å². The van der Waals surface area contributed by atoms with Gasteiger partial charge in [0.05, 0.1) is 34.6 Å². The maximum atomic E-state index is 12.1. The van der Waals surface area contributed by atoms with Crippen molar-refractivity contribution in [2.24, 2.45) is 0 Å². The minimum Gasteiger partial charge on any atom is -0.504 e. The fourth-order valence-corrected chi connectivity index (χ4v) is 4.48. The number of thiophene rings is 1. The monoisotopic (exact) mass is 419 g/mol. The average molecular weight is 420 g/mol. The summed E-state index contributed by atoms with van der Waals surface area (Å²) in [6, 6.07) is 4.44. The van der Waals surface area contributed by atoms with Crippen LogP contribution in [0.25, 0.3) is 0 Å². The summed E-state index contributed by atoms with van der Waals surface area (Å²) < 4.78 is 8.14. The van der Waals surface area contributed by atoms with E-state index in [-0.39, 0.29) is 10.8 Å². The topological polar surface area (TPSA) is 73.8 Å². The first kappa shape index (κ1) is 18.6. The van der Waals surface area contributed by atoms with Crippen molar-refractivity contribution >= 4 is 63.9 Å². The van der Waals surface area contributed by atoms with Crippen LogP contribution in [-0.4, -0.2) is 41.7 Å². The molecule has 0 aliphatic carbocycles. The number of urea groups is 1. The number of halogens is 2. The average Bonchev–Trinajstić information content (AvgIpc) is 2.93. The first-order valence-electron chi connectivity index (χ1n) is 7.37. The van der Waals surface area contributed by atoms with Crippen LogP contribution in [-0.2, 0) is 4.74 Å². The van der Waals surface area contributed by atoms with E-state index >= 15 is 0 Å². The van der Waals surface area contributed by atoms with Crippen LogP contribution in [0, 0.1) is 0 Å². The molecule has 2 aromatic rings. The molecule has 25 heavy (non-hydrogen) atoms. The van der Waals surface area contributed by atoms with Crippen LogP contribution < -0.4 is 10.6 Å². The Morgan fingerprint density at radius 3 is 2.72 bits per heavy atom. The molecule has 1 aromatic heterocycles. The number of hydrogen-bond acceptors (Lipinski definition) is 6. The molecular weight excluding hydrogens is 405 g/mol. The first-order chi connectivity index (χ1) is 12.0. The van der Waals surface area contributed by atoms with Crippen LogP contribution in [0.15, 0.2) is 27.8 Å². The third kappa shape index (κ3) is 4.72. The van der Waals surface area contributed by atoms with Crippen molar-refractivity contribution in [2.45, 2.75) is 4.21 Å². The molecule has 0 saturated carbocycles. The highest BCUT2D eigenvalue weighted by Crippen LogP contribution is 2.42. The molecule has 3 rings (SSSR count). The summed E-state index contributed by atoms with van der Waals surface area (Å²) in [7, 11) is 0. The zero-order valence-electron chi connectivity index (χ0n) is 12.9. The minimum atomic E-state index is -0.514. The van der Waals surface area contributed by atoms with Crippen molar-refractivity contribution in [3.05, 3.63) is 33.6 Å². The SMILES string of the molecule is O=C(Nc1csc(SN2CCOCC2)c1O)Nc1cccc(Cl)c1Cl. The number of hydrogen-bond donors (Lipinski definition) is 3. The smallest absolute Gasteiger partial charge is 0.323 e. The predicted octanol–water partition coefficient (Wildman–Crippen LogP) is 4.74. The van der Waals surface area contributed by atoms with Gasteiger partial charge in [-0.1, -0.05) is 29.3 Å². The normalized spacial score (nSPS) is 15.1. The van der Waals surface area contributed by atoms with E-state index in [4.69, 9.17) is 27.9 Å². The predicted molar refractivity (Wildman–Crippen MR) is 103 cm³/mol. The number of rotatable bonds is 4. The van der Waals surface area contributed by atoms with Gasteiger partial charge in [0, 0.05) is 18.5 Å². The number of anilines is 2. The molecule has 1 aliphatic heterocycles. The van der Waals surface area contributed by atoms with Gasteiger partial charge in [0.2, 0.25) is 0 Å². The third-order valence-electron chi connectivity index (χ3n) is 3.36. The van der Waals surface area contributed by atoms with E-state index in [0.29, 0.717) is 29.6 Å². The van der Waals surface area contributed by atoms with E-state index < -0.39 is 6.03 Å². The maximum Gasteiger partial charge on any atom is 0.323 e. The van der Waals surface area contributed by atoms with Gasteiger partial charge in [0.1, 0.15) is 4.21 Å². The fraction of sp³-hybridized carbons (Fsp3) is 0.267. The van der Waals surface area contributed by atoms with Crippen molar-refractivity contribution < 1.29 is 14.6 Å².